The number of halogens is 2. The van der Waals surface area contributed by atoms with E-state index in [4.69, 9.17) is 0 Å². The number of hydrogen-bond donors (Lipinski definition) is 0. The van der Waals surface area contributed by atoms with Crippen LogP contribution in [0.2, 0.25) is 0 Å². The van der Waals surface area contributed by atoms with Crippen LogP contribution in [0.1, 0.15) is 39.9 Å². The van der Waals surface area contributed by atoms with E-state index in [0.29, 0.717) is 21.9 Å². The van der Waals surface area contributed by atoms with Crippen LogP contribution in [0, 0.1) is 11.6 Å². The van der Waals surface area contributed by atoms with Crippen LogP contribution in [0.25, 0.3) is 10.2 Å². The number of thiazole rings is 1. The zero-order valence-corrected chi connectivity index (χ0v) is 17.6. The molecule has 0 radical (unpaired) electrons. The summed E-state index contributed by atoms with van der Waals surface area (Å²) in [6.07, 6.45) is 4.32. The Bertz CT molecular complexity index is 1270. The number of anilines is 1. The number of carbonyl (C=O) groups excluding carboxylic acids is 1. The highest BCUT2D eigenvalue weighted by Gasteiger charge is 2.24. The molecule has 0 saturated carbocycles. The Kier molecular flexibility index (Phi) is 5.24. The third kappa shape index (κ3) is 3.95. The van der Waals surface area contributed by atoms with Crippen LogP contribution in [-0.2, 0) is 19.4 Å². The van der Waals surface area contributed by atoms with Gasteiger partial charge < -0.3 is 0 Å². The van der Waals surface area contributed by atoms with Crippen molar-refractivity contribution >= 4 is 32.6 Å². The van der Waals surface area contributed by atoms with E-state index in [-0.39, 0.29) is 11.4 Å². The first-order valence-corrected chi connectivity index (χ1v) is 11.1. The molecule has 0 saturated heterocycles. The molecule has 1 heterocycles. The third-order valence-corrected chi connectivity index (χ3v) is 6.68. The maximum atomic E-state index is 14.3. The molecule has 0 unspecified atom stereocenters. The number of nitrogens with zero attached hydrogens (tertiary/aromatic N) is 2. The lowest BCUT2D eigenvalue weighted by molar-refractivity contribution is 0.0985. The van der Waals surface area contributed by atoms with Gasteiger partial charge in [0, 0.05) is 11.6 Å². The second kappa shape index (κ2) is 8.19. The van der Waals surface area contributed by atoms with Crippen LogP contribution >= 0.6 is 11.3 Å². The Morgan fingerprint density at radius 2 is 1.74 bits per heavy atom. The van der Waals surface area contributed by atoms with Crippen molar-refractivity contribution in [2.24, 2.45) is 0 Å². The molecule has 0 aliphatic heterocycles. The molecule has 0 atom stereocenters. The van der Waals surface area contributed by atoms with Crippen molar-refractivity contribution in [3.05, 3.63) is 94.6 Å². The van der Waals surface area contributed by atoms with E-state index in [0.717, 1.165) is 42.2 Å². The van der Waals surface area contributed by atoms with E-state index in [2.05, 4.69) is 4.98 Å². The van der Waals surface area contributed by atoms with Crippen molar-refractivity contribution < 1.29 is 13.6 Å². The predicted molar refractivity (Wildman–Crippen MR) is 120 cm³/mol. The van der Waals surface area contributed by atoms with E-state index in [1.165, 1.54) is 23.6 Å². The van der Waals surface area contributed by atoms with Crippen molar-refractivity contribution in [2.75, 3.05) is 4.90 Å². The minimum absolute atomic E-state index is 0.0812. The zero-order chi connectivity index (χ0) is 21.4. The summed E-state index contributed by atoms with van der Waals surface area (Å²) in [6, 6.07) is 17.5. The highest BCUT2D eigenvalue weighted by Crippen LogP contribution is 2.33. The summed E-state index contributed by atoms with van der Waals surface area (Å²) in [6.45, 7) is 0.292. The highest BCUT2D eigenvalue weighted by atomic mass is 32.1. The van der Waals surface area contributed by atoms with E-state index in [1.54, 1.807) is 4.90 Å². The monoisotopic (exact) mass is 434 g/mol. The molecule has 1 aromatic heterocycles. The van der Waals surface area contributed by atoms with Crippen LogP contribution in [0.3, 0.4) is 0 Å². The number of benzene rings is 3. The molecule has 1 aliphatic rings. The van der Waals surface area contributed by atoms with Gasteiger partial charge in [0.15, 0.2) is 10.9 Å². The average Bonchev–Trinajstić information content (AvgIpc) is 3.21. The number of aromatic nitrogens is 1. The summed E-state index contributed by atoms with van der Waals surface area (Å²) in [5.41, 5.74) is 4.11. The van der Waals surface area contributed by atoms with Gasteiger partial charge in [-0.15, -0.1) is 0 Å². The molecule has 6 heteroatoms. The van der Waals surface area contributed by atoms with Crippen LogP contribution < -0.4 is 4.90 Å². The van der Waals surface area contributed by atoms with Gasteiger partial charge in [0.2, 0.25) is 0 Å². The number of fused-ring (bicyclic) bond motifs is 2. The normalized spacial score (nSPS) is 13.2. The molecule has 3 nitrogen and oxygen atoms in total. The first-order valence-electron chi connectivity index (χ1n) is 10.3. The lowest BCUT2D eigenvalue weighted by Crippen LogP contribution is -2.30. The maximum absolute atomic E-state index is 14.3. The summed E-state index contributed by atoms with van der Waals surface area (Å²) in [7, 11) is 0. The largest absolute Gasteiger partial charge is 0.279 e. The SMILES string of the molecule is O=C(c1ccc2c(c1)CCCC2)N(Cc1ccccc1)c1nc2c(F)cc(F)cc2s1. The molecule has 5 rings (SSSR count). The number of aryl methyl sites for hydroxylation is 2. The third-order valence-electron chi connectivity index (χ3n) is 5.66. The van der Waals surface area contributed by atoms with Gasteiger partial charge in [-0.05, 0) is 60.6 Å². The lowest BCUT2D eigenvalue weighted by Gasteiger charge is -2.22. The average molecular weight is 435 g/mol. The van der Waals surface area contributed by atoms with Crippen molar-refractivity contribution in [1.29, 1.82) is 0 Å². The molecule has 4 aromatic rings. The van der Waals surface area contributed by atoms with Gasteiger partial charge >= 0.3 is 0 Å². The topological polar surface area (TPSA) is 33.2 Å². The number of hydrogen-bond acceptors (Lipinski definition) is 3. The Hall–Kier alpha value is -3.12. The number of carbonyl (C=O) groups is 1. The van der Waals surface area contributed by atoms with Crippen molar-refractivity contribution in [3.8, 4) is 0 Å². The molecule has 31 heavy (non-hydrogen) atoms. The summed E-state index contributed by atoms with van der Waals surface area (Å²) in [5.74, 6) is -1.58. The van der Waals surface area contributed by atoms with Gasteiger partial charge in [-0.25, -0.2) is 13.8 Å². The predicted octanol–water partition coefficient (Wildman–Crippen LogP) is 6.30. The molecule has 3 aromatic carbocycles. The van der Waals surface area contributed by atoms with E-state index >= 15 is 0 Å². The van der Waals surface area contributed by atoms with E-state index in [9.17, 15) is 13.6 Å². The van der Waals surface area contributed by atoms with Crippen LogP contribution in [-0.4, -0.2) is 10.9 Å². The van der Waals surface area contributed by atoms with Gasteiger partial charge in [0.05, 0.1) is 11.2 Å². The second-order valence-corrected chi connectivity index (χ2v) is 8.81. The maximum Gasteiger partial charge on any atom is 0.260 e. The van der Waals surface area contributed by atoms with Gasteiger partial charge in [-0.1, -0.05) is 47.7 Å². The molecule has 0 bridgehead atoms. The molecule has 1 amide bonds. The van der Waals surface area contributed by atoms with Crippen molar-refractivity contribution in [3.63, 3.8) is 0 Å². The van der Waals surface area contributed by atoms with Crippen molar-refractivity contribution in [1.82, 2.24) is 4.98 Å². The minimum atomic E-state index is -0.724. The van der Waals surface area contributed by atoms with Gasteiger partial charge in [-0.3, -0.25) is 9.69 Å². The number of amides is 1. The van der Waals surface area contributed by atoms with Gasteiger partial charge in [0.1, 0.15) is 11.3 Å². The van der Waals surface area contributed by atoms with Crippen LogP contribution in [0.4, 0.5) is 13.9 Å². The summed E-state index contributed by atoms with van der Waals surface area (Å²) in [5, 5.41) is 0.353. The molecular weight excluding hydrogens is 414 g/mol. The lowest BCUT2D eigenvalue weighted by atomic mass is 9.90. The van der Waals surface area contributed by atoms with Crippen LogP contribution in [0.5, 0.6) is 0 Å². The quantitative estimate of drug-likeness (QED) is 0.378. The molecule has 1 aliphatic carbocycles. The summed E-state index contributed by atoms with van der Waals surface area (Å²) < 4.78 is 28.3. The first-order chi connectivity index (χ1) is 15.1. The fourth-order valence-corrected chi connectivity index (χ4v) is 5.08. The molecule has 0 N–H and O–H groups in total. The molecule has 0 fully saturated rings. The molecular formula is C25H20F2N2OS. The second-order valence-electron chi connectivity index (χ2n) is 7.80. The smallest absolute Gasteiger partial charge is 0.260 e. The van der Waals surface area contributed by atoms with Gasteiger partial charge in [0.25, 0.3) is 5.91 Å². The highest BCUT2D eigenvalue weighted by molar-refractivity contribution is 7.22. The standard InChI is InChI=1S/C25H20F2N2OS/c26-20-13-21(27)23-22(14-20)31-25(28-23)29(15-16-6-2-1-3-7-16)24(30)19-11-10-17-8-4-5-9-18(17)12-19/h1-3,6-7,10-14H,4-5,8-9,15H2. The fraction of sp³-hybridized carbons (Fsp3) is 0.200. The molecule has 0 spiro atoms. The first kappa shape index (κ1) is 19.8. The van der Waals surface area contributed by atoms with Gasteiger partial charge in [-0.2, -0.15) is 0 Å². The summed E-state index contributed by atoms with van der Waals surface area (Å²) >= 11 is 1.12. The van der Waals surface area contributed by atoms with E-state index < -0.39 is 11.6 Å². The summed E-state index contributed by atoms with van der Waals surface area (Å²) in [4.78, 5) is 19.5. The minimum Gasteiger partial charge on any atom is -0.279 e. The van der Waals surface area contributed by atoms with E-state index in [1.807, 2.05) is 48.5 Å². The number of rotatable bonds is 4. The Balaban J connectivity index is 1.57. The Labute approximate surface area is 183 Å². The van der Waals surface area contributed by atoms with Crippen LogP contribution in [0.15, 0.2) is 60.7 Å². The Morgan fingerprint density at radius 3 is 2.55 bits per heavy atom. The zero-order valence-electron chi connectivity index (χ0n) is 16.8. The Morgan fingerprint density at radius 1 is 0.968 bits per heavy atom. The fourth-order valence-electron chi connectivity index (χ4n) is 4.08. The molecule has 156 valence electrons. The van der Waals surface area contributed by atoms with Crippen molar-refractivity contribution in [2.45, 2.75) is 32.2 Å².